The van der Waals surface area contributed by atoms with Gasteiger partial charge in [0, 0.05) is 0 Å². The Balaban J connectivity index is 3.03. The molecule has 1 saturated heterocycles. The van der Waals surface area contributed by atoms with Crippen LogP contribution in [0.5, 0.6) is 0 Å². The Bertz CT molecular complexity index is 361. The lowest BCUT2D eigenvalue weighted by Gasteiger charge is -2.33. The number of carbonyl (C=O) groups is 3. The van der Waals surface area contributed by atoms with E-state index in [1.165, 1.54) is 0 Å². The van der Waals surface area contributed by atoms with Gasteiger partial charge < -0.3 is 0 Å². The van der Waals surface area contributed by atoms with Crippen LogP contribution >= 0.6 is 0 Å². The highest BCUT2D eigenvalue weighted by Gasteiger charge is 2.48. The van der Waals surface area contributed by atoms with Crippen LogP contribution in [-0.2, 0) is 9.59 Å². The number of allylic oxidation sites excluding steroid dienone is 2. The van der Waals surface area contributed by atoms with Crippen LogP contribution in [0.2, 0.25) is 0 Å². The SMILES string of the molecule is CCCC1(CC=C(C)C)C(=O)NC(=O)NC1=O. The van der Waals surface area contributed by atoms with Gasteiger partial charge in [-0.2, -0.15) is 0 Å². The number of nitrogens with one attached hydrogen (secondary N) is 2. The van der Waals surface area contributed by atoms with E-state index in [1.54, 1.807) is 0 Å². The fourth-order valence-corrected chi connectivity index (χ4v) is 1.90. The Hall–Kier alpha value is -1.65. The van der Waals surface area contributed by atoms with E-state index in [1.807, 2.05) is 26.8 Å². The molecule has 5 heteroatoms. The molecule has 0 unspecified atom stereocenters. The predicted octanol–water partition coefficient (Wildman–Crippen LogP) is 1.50. The molecule has 0 saturated carbocycles. The third kappa shape index (κ3) is 2.72. The number of urea groups is 1. The highest BCUT2D eigenvalue weighted by Crippen LogP contribution is 2.31. The van der Waals surface area contributed by atoms with E-state index in [-0.39, 0.29) is 0 Å². The first-order chi connectivity index (χ1) is 7.92. The molecule has 1 aliphatic rings. The molecular weight excluding hydrogens is 220 g/mol. The summed E-state index contributed by atoms with van der Waals surface area (Å²) in [6, 6.07) is -0.732. The fraction of sp³-hybridized carbons (Fsp3) is 0.583. The molecule has 0 radical (unpaired) electrons. The van der Waals surface area contributed by atoms with Crippen molar-refractivity contribution in [1.29, 1.82) is 0 Å². The molecular formula is C12H18N2O3. The van der Waals surface area contributed by atoms with E-state index < -0.39 is 23.3 Å². The maximum atomic E-state index is 11.9. The minimum atomic E-state index is -1.14. The van der Waals surface area contributed by atoms with Crippen LogP contribution in [0.1, 0.15) is 40.0 Å². The van der Waals surface area contributed by atoms with Crippen molar-refractivity contribution >= 4 is 17.8 Å². The summed E-state index contributed by atoms with van der Waals surface area (Å²) in [6.07, 6.45) is 3.31. The number of imide groups is 2. The summed E-state index contributed by atoms with van der Waals surface area (Å²) in [4.78, 5) is 34.9. The maximum absolute atomic E-state index is 11.9. The van der Waals surface area contributed by atoms with Crippen molar-refractivity contribution in [3.05, 3.63) is 11.6 Å². The van der Waals surface area contributed by atoms with Crippen LogP contribution in [0.3, 0.4) is 0 Å². The molecule has 0 aromatic rings. The van der Waals surface area contributed by atoms with Gasteiger partial charge in [-0.05, 0) is 26.7 Å². The van der Waals surface area contributed by atoms with Gasteiger partial charge in [0.25, 0.3) is 0 Å². The van der Waals surface area contributed by atoms with Crippen LogP contribution in [0, 0.1) is 5.41 Å². The summed E-state index contributed by atoms with van der Waals surface area (Å²) in [5, 5.41) is 4.34. The van der Waals surface area contributed by atoms with Crippen molar-refractivity contribution in [2.75, 3.05) is 0 Å². The number of barbiturate groups is 1. The molecule has 1 aliphatic heterocycles. The number of carbonyl (C=O) groups excluding carboxylic acids is 3. The minimum absolute atomic E-state index is 0.328. The van der Waals surface area contributed by atoms with E-state index in [4.69, 9.17) is 0 Å². The summed E-state index contributed by atoms with van der Waals surface area (Å²) >= 11 is 0. The molecule has 0 aliphatic carbocycles. The summed E-state index contributed by atoms with van der Waals surface area (Å²) in [7, 11) is 0. The molecule has 0 bridgehead atoms. The standard InChI is InChI=1S/C12H18N2O3/c1-4-6-12(7-5-8(2)3)9(15)13-11(17)14-10(12)16/h5H,4,6-7H2,1-3H3,(H2,13,14,15,16,17). The van der Waals surface area contributed by atoms with Gasteiger partial charge in [0.2, 0.25) is 11.8 Å². The molecule has 94 valence electrons. The molecule has 0 atom stereocenters. The number of hydrogen-bond acceptors (Lipinski definition) is 3. The first-order valence-corrected chi connectivity index (χ1v) is 5.72. The van der Waals surface area contributed by atoms with Crippen LogP contribution in [0.25, 0.3) is 0 Å². The topological polar surface area (TPSA) is 75.3 Å². The molecule has 1 fully saturated rings. The van der Waals surface area contributed by atoms with Crippen molar-refractivity contribution < 1.29 is 14.4 Å². The van der Waals surface area contributed by atoms with Gasteiger partial charge in [-0.3, -0.25) is 20.2 Å². The van der Waals surface area contributed by atoms with Crippen LogP contribution in [0.4, 0.5) is 4.79 Å². The first kappa shape index (κ1) is 13.4. The van der Waals surface area contributed by atoms with E-state index in [0.29, 0.717) is 19.3 Å². The second kappa shape index (κ2) is 5.12. The summed E-state index contributed by atoms with van der Waals surface area (Å²) in [5.74, 6) is -0.990. The molecule has 0 aromatic heterocycles. The first-order valence-electron chi connectivity index (χ1n) is 5.72. The van der Waals surface area contributed by atoms with Crippen molar-refractivity contribution in [3.8, 4) is 0 Å². The average Bonchev–Trinajstić information content (AvgIpc) is 2.21. The highest BCUT2D eigenvalue weighted by atomic mass is 16.2. The molecule has 17 heavy (non-hydrogen) atoms. The van der Waals surface area contributed by atoms with E-state index in [0.717, 1.165) is 5.57 Å². The Morgan fingerprint density at radius 2 is 1.71 bits per heavy atom. The normalized spacial score (nSPS) is 18.4. The number of rotatable bonds is 4. The van der Waals surface area contributed by atoms with Gasteiger partial charge in [0.05, 0.1) is 0 Å². The quantitative estimate of drug-likeness (QED) is 0.575. The third-order valence-electron chi connectivity index (χ3n) is 2.86. The Morgan fingerprint density at radius 1 is 1.18 bits per heavy atom. The van der Waals surface area contributed by atoms with Gasteiger partial charge in [-0.25, -0.2) is 4.79 Å². The van der Waals surface area contributed by atoms with Gasteiger partial charge in [0.15, 0.2) is 0 Å². The van der Waals surface area contributed by atoms with Gasteiger partial charge in [0.1, 0.15) is 5.41 Å². The predicted molar refractivity (Wildman–Crippen MR) is 63.1 cm³/mol. The molecule has 5 nitrogen and oxygen atoms in total. The number of amides is 4. The van der Waals surface area contributed by atoms with Crippen molar-refractivity contribution in [2.24, 2.45) is 5.41 Å². The van der Waals surface area contributed by atoms with Gasteiger partial charge in [-0.1, -0.05) is 25.0 Å². The zero-order valence-corrected chi connectivity index (χ0v) is 10.4. The largest absolute Gasteiger partial charge is 0.328 e. The zero-order valence-electron chi connectivity index (χ0n) is 10.4. The average molecular weight is 238 g/mol. The summed E-state index contributed by atoms with van der Waals surface area (Å²) < 4.78 is 0. The van der Waals surface area contributed by atoms with Crippen molar-refractivity contribution in [2.45, 2.75) is 40.0 Å². The van der Waals surface area contributed by atoms with Gasteiger partial charge in [-0.15, -0.1) is 0 Å². The van der Waals surface area contributed by atoms with E-state index >= 15 is 0 Å². The molecule has 4 amide bonds. The second-order valence-corrected chi connectivity index (χ2v) is 4.56. The minimum Gasteiger partial charge on any atom is -0.277 e. The van der Waals surface area contributed by atoms with Crippen molar-refractivity contribution in [1.82, 2.24) is 10.6 Å². The molecule has 1 heterocycles. The number of hydrogen-bond donors (Lipinski definition) is 2. The third-order valence-corrected chi connectivity index (χ3v) is 2.86. The lowest BCUT2D eigenvalue weighted by atomic mass is 9.77. The Morgan fingerprint density at radius 3 is 2.12 bits per heavy atom. The molecule has 2 N–H and O–H groups in total. The zero-order chi connectivity index (χ0) is 13.1. The van der Waals surface area contributed by atoms with Gasteiger partial charge >= 0.3 is 6.03 Å². The van der Waals surface area contributed by atoms with Crippen LogP contribution in [0.15, 0.2) is 11.6 Å². The Kier molecular flexibility index (Phi) is 4.04. The van der Waals surface area contributed by atoms with Crippen LogP contribution < -0.4 is 10.6 Å². The van der Waals surface area contributed by atoms with Crippen LogP contribution in [-0.4, -0.2) is 17.8 Å². The monoisotopic (exact) mass is 238 g/mol. The van der Waals surface area contributed by atoms with Crippen molar-refractivity contribution in [3.63, 3.8) is 0 Å². The lowest BCUT2D eigenvalue weighted by Crippen LogP contribution is -2.62. The molecule has 0 spiro atoms. The smallest absolute Gasteiger partial charge is 0.277 e. The highest BCUT2D eigenvalue weighted by molar-refractivity contribution is 6.19. The Labute approximate surface area is 101 Å². The summed E-state index contributed by atoms with van der Waals surface area (Å²) in [6.45, 7) is 5.72. The molecule has 0 aromatic carbocycles. The lowest BCUT2D eigenvalue weighted by molar-refractivity contribution is -0.144. The summed E-state index contributed by atoms with van der Waals surface area (Å²) in [5.41, 5.74) is -0.0992. The maximum Gasteiger partial charge on any atom is 0.328 e. The second-order valence-electron chi connectivity index (χ2n) is 4.56. The van der Waals surface area contributed by atoms with E-state index in [9.17, 15) is 14.4 Å². The molecule has 1 rings (SSSR count). The fourth-order valence-electron chi connectivity index (χ4n) is 1.90. The van der Waals surface area contributed by atoms with E-state index in [2.05, 4.69) is 10.6 Å².